The Bertz CT molecular complexity index is 533. The second kappa shape index (κ2) is 7.16. The number of rotatable bonds is 7. The predicted molar refractivity (Wildman–Crippen MR) is 76.2 cm³/mol. The summed E-state index contributed by atoms with van der Waals surface area (Å²) in [7, 11) is 0. The molecule has 2 aromatic heterocycles. The number of unbranched alkanes of at least 4 members (excludes halogenated alkanes) is 1. The third kappa shape index (κ3) is 3.64. The van der Waals surface area contributed by atoms with E-state index in [2.05, 4.69) is 26.9 Å². The lowest BCUT2D eigenvalue weighted by Crippen LogP contribution is -2.30. The van der Waals surface area contributed by atoms with Crippen LogP contribution in [0.4, 0.5) is 5.95 Å². The average Bonchev–Trinajstić information content (AvgIpc) is 2.97. The Hall–Kier alpha value is -1.73. The molecule has 0 amide bonds. The zero-order valence-electron chi connectivity index (χ0n) is 11.3. The maximum absolute atomic E-state index is 9.16. The van der Waals surface area contributed by atoms with E-state index >= 15 is 0 Å². The highest BCUT2D eigenvalue weighted by molar-refractivity contribution is 6.28. The van der Waals surface area contributed by atoms with Crippen molar-refractivity contribution in [2.75, 3.05) is 24.6 Å². The summed E-state index contributed by atoms with van der Waals surface area (Å²) in [6.07, 6.45) is 7.01. The summed E-state index contributed by atoms with van der Waals surface area (Å²) in [6, 6.07) is 0. The minimum absolute atomic E-state index is 0.0351. The molecule has 1 N–H and O–H groups in total. The van der Waals surface area contributed by atoms with Crippen molar-refractivity contribution in [3.8, 4) is 5.95 Å². The van der Waals surface area contributed by atoms with Crippen LogP contribution >= 0.6 is 11.6 Å². The summed E-state index contributed by atoms with van der Waals surface area (Å²) >= 11 is 5.96. The maximum Gasteiger partial charge on any atom is 0.241 e. The number of anilines is 1. The summed E-state index contributed by atoms with van der Waals surface area (Å²) in [5.41, 5.74) is 0. The van der Waals surface area contributed by atoms with E-state index in [-0.39, 0.29) is 11.9 Å². The normalized spacial score (nSPS) is 10.8. The number of imidazole rings is 1. The largest absolute Gasteiger partial charge is 0.395 e. The number of aliphatic hydroxyl groups excluding tert-OH is 1. The van der Waals surface area contributed by atoms with E-state index < -0.39 is 0 Å². The molecule has 0 saturated carbocycles. The fourth-order valence-corrected chi connectivity index (χ4v) is 1.90. The topological polar surface area (TPSA) is 80.0 Å². The van der Waals surface area contributed by atoms with Gasteiger partial charge < -0.3 is 10.0 Å². The molecule has 2 rings (SSSR count). The van der Waals surface area contributed by atoms with Crippen molar-refractivity contribution >= 4 is 17.5 Å². The summed E-state index contributed by atoms with van der Waals surface area (Å²) in [5.74, 6) is 0.883. The monoisotopic (exact) mass is 296 g/mol. The van der Waals surface area contributed by atoms with E-state index in [9.17, 15) is 0 Å². The van der Waals surface area contributed by atoms with Crippen LogP contribution in [0.1, 0.15) is 19.8 Å². The van der Waals surface area contributed by atoms with Crippen molar-refractivity contribution in [3.63, 3.8) is 0 Å². The van der Waals surface area contributed by atoms with E-state index in [1.807, 2.05) is 4.90 Å². The van der Waals surface area contributed by atoms with Gasteiger partial charge in [-0.05, 0) is 18.0 Å². The molecule has 2 aromatic rings. The van der Waals surface area contributed by atoms with E-state index in [0.717, 1.165) is 19.4 Å². The van der Waals surface area contributed by atoms with Crippen LogP contribution in [-0.4, -0.2) is 49.3 Å². The van der Waals surface area contributed by atoms with Gasteiger partial charge in [0.05, 0.1) is 6.61 Å². The van der Waals surface area contributed by atoms with Gasteiger partial charge in [0.2, 0.25) is 17.2 Å². The smallest absolute Gasteiger partial charge is 0.241 e. The number of halogens is 1. The molecular formula is C12H17ClN6O. The van der Waals surface area contributed by atoms with E-state index in [1.54, 1.807) is 23.3 Å². The molecule has 0 saturated heterocycles. The number of hydrogen-bond donors (Lipinski definition) is 1. The highest BCUT2D eigenvalue weighted by Gasteiger charge is 2.13. The Balaban J connectivity index is 2.29. The van der Waals surface area contributed by atoms with Gasteiger partial charge in [0.1, 0.15) is 6.33 Å². The van der Waals surface area contributed by atoms with Crippen LogP contribution in [0.2, 0.25) is 5.28 Å². The van der Waals surface area contributed by atoms with Gasteiger partial charge in [-0.2, -0.15) is 15.0 Å². The molecule has 0 fully saturated rings. The van der Waals surface area contributed by atoms with Crippen molar-refractivity contribution < 1.29 is 5.11 Å². The Morgan fingerprint density at radius 3 is 2.80 bits per heavy atom. The van der Waals surface area contributed by atoms with E-state index in [1.165, 1.54) is 0 Å². The van der Waals surface area contributed by atoms with Crippen molar-refractivity contribution in [1.29, 1.82) is 0 Å². The van der Waals surface area contributed by atoms with Gasteiger partial charge in [0, 0.05) is 25.5 Å². The summed E-state index contributed by atoms with van der Waals surface area (Å²) in [6.45, 7) is 3.37. The zero-order valence-corrected chi connectivity index (χ0v) is 12.0. The molecule has 0 atom stereocenters. The lowest BCUT2D eigenvalue weighted by molar-refractivity contribution is 0.301. The summed E-state index contributed by atoms with van der Waals surface area (Å²) in [4.78, 5) is 18.4. The molecule has 108 valence electrons. The van der Waals surface area contributed by atoms with Gasteiger partial charge in [-0.15, -0.1) is 0 Å². The second-order valence-electron chi connectivity index (χ2n) is 4.24. The van der Waals surface area contributed by atoms with E-state index in [4.69, 9.17) is 16.7 Å². The molecule has 0 aliphatic rings. The lowest BCUT2D eigenvalue weighted by atomic mass is 10.3. The van der Waals surface area contributed by atoms with E-state index in [0.29, 0.717) is 18.4 Å². The van der Waals surface area contributed by atoms with Crippen LogP contribution < -0.4 is 4.90 Å². The summed E-state index contributed by atoms with van der Waals surface area (Å²) < 4.78 is 1.66. The lowest BCUT2D eigenvalue weighted by Gasteiger charge is -2.21. The molecule has 0 bridgehead atoms. The van der Waals surface area contributed by atoms with Crippen LogP contribution in [0.15, 0.2) is 18.7 Å². The molecule has 20 heavy (non-hydrogen) atoms. The fourth-order valence-electron chi connectivity index (χ4n) is 1.75. The molecule has 0 radical (unpaired) electrons. The van der Waals surface area contributed by atoms with Crippen LogP contribution in [0.5, 0.6) is 0 Å². The standard InChI is InChI=1S/C12H17ClN6O/c1-2-3-5-18(7-8-20)11-15-10(13)16-12(17-11)19-6-4-14-9-19/h4,6,9,20H,2-3,5,7-8H2,1H3. The minimum Gasteiger partial charge on any atom is -0.395 e. The number of hydrogen-bond acceptors (Lipinski definition) is 6. The molecule has 8 heteroatoms. The van der Waals surface area contributed by atoms with Crippen LogP contribution in [0, 0.1) is 0 Å². The average molecular weight is 297 g/mol. The molecule has 0 unspecified atom stereocenters. The minimum atomic E-state index is 0.0351. The first-order valence-corrected chi connectivity index (χ1v) is 6.88. The first-order valence-electron chi connectivity index (χ1n) is 6.50. The molecule has 0 aliphatic carbocycles. The Kier molecular flexibility index (Phi) is 5.25. The second-order valence-corrected chi connectivity index (χ2v) is 4.58. The number of aliphatic hydroxyl groups is 1. The molecule has 0 aromatic carbocycles. The third-order valence-electron chi connectivity index (χ3n) is 2.75. The Morgan fingerprint density at radius 1 is 1.30 bits per heavy atom. The Morgan fingerprint density at radius 2 is 2.15 bits per heavy atom. The molecular weight excluding hydrogens is 280 g/mol. The van der Waals surface area contributed by atoms with Crippen molar-refractivity contribution in [2.24, 2.45) is 0 Å². The van der Waals surface area contributed by atoms with Crippen LogP contribution in [0.3, 0.4) is 0 Å². The molecule has 7 nitrogen and oxygen atoms in total. The fraction of sp³-hybridized carbons (Fsp3) is 0.500. The number of aromatic nitrogens is 5. The van der Waals surface area contributed by atoms with Gasteiger partial charge in [-0.25, -0.2) is 4.98 Å². The maximum atomic E-state index is 9.16. The molecule has 0 spiro atoms. The first kappa shape index (κ1) is 14.7. The Labute approximate surface area is 122 Å². The predicted octanol–water partition coefficient (Wildman–Crippen LogP) is 1.31. The van der Waals surface area contributed by atoms with Crippen LogP contribution in [0.25, 0.3) is 5.95 Å². The highest BCUT2D eigenvalue weighted by atomic mass is 35.5. The van der Waals surface area contributed by atoms with Gasteiger partial charge >= 0.3 is 0 Å². The SMILES string of the molecule is CCCCN(CCO)c1nc(Cl)nc(-n2ccnc2)n1. The van der Waals surface area contributed by atoms with Crippen molar-refractivity contribution in [3.05, 3.63) is 24.0 Å². The third-order valence-corrected chi connectivity index (χ3v) is 2.92. The van der Waals surface area contributed by atoms with Crippen LogP contribution in [-0.2, 0) is 0 Å². The molecule has 2 heterocycles. The molecule has 0 aliphatic heterocycles. The van der Waals surface area contributed by atoms with Gasteiger partial charge in [0.15, 0.2) is 0 Å². The number of nitrogens with zero attached hydrogens (tertiary/aromatic N) is 6. The highest BCUT2D eigenvalue weighted by Crippen LogP contribution is 2.14. The quantitative estimate of drug-likeness (QED) is 0.830. The summed E-state index contributed by atoms with van der Waals surface area (Å²) in [5, 5.41) is 9.28. The van der Waals surface area contributed by atoms with Crippen molar-refractivity contribution in [1.82, 2.24) is 24.5 Å². The zero-order chi connectivity index (χ0) is 14.4. The first-order chi connectivity index (χ1) is 9.74. The van der Waals surface area contributed by atoms with Crippen molar-refractivity contribution in [2.45, 2.75) is 19.8 Å². The van der Waals surface area contributed by atoms with Gasteiger partial charge in [-0.1, -0.05) is 13.3 Å². The van der Waals surface area contributed by atoms with Gasteiger partial charge in [0.25, 0.3) is 0 Å². The van der Waals surface area contributed by atoms with Gasteiger partial charge in [-0.3, -0.25) is 4.57 Å².